The summed E-state index contributed by atoms with van der Waals surface area (Å²) in [6, 6.07) is 6.42. The van der Waals surface area contributed by atoms with Crippen molar-refractivity contribution in [2.24, 2.45) is 0 Å². The van der Waals surface area contributed by atoms with Gasteiger partial charge in [0, 0.05) is 12.6 Å². The zero-order valence-electron chi connectivity index (χ0n) is 16.9. The molecular weight excluding hydrogens is 373 g/mol. The molecule has 0 aliphatic carbocycles. The average molecular weight is 402 g/mol. The molecule has 8 heteroatoms. The van der Waals surface area contributed by atoms with Crippen molar-refractivity contribution < 1.29 is 19.0 Å². The van der Waals surface area contributed by atoms with Crippen LogP contribution in [0.1, 0.15) is 35.7 Å². The number of nitrogens with zero attached hydrogens (tertiary/aromatic N) is 2. The van der Waals surface area contributed by atoms with Gasteiger partial charge in [0.2, 0.25) is 6.20 Å². The monoisotopic (exact) mass is 402 g/mol. The number of nitrogens with two attached hydrogens (primary N) is 1. The predicted octanol–water partition coefficient (Wildman–Crippen LogP) is 1.46. The third-order valence-corrected chi connectivity index (χ3v) is 5.02. The number of halogens is 1. The SMILES string of the molecule is CCCCNCC1(O)CN(C(=O)c2cc[n+](N)cc2Nc2ccc(C)cc2F)C1. The Balaban J connectivity index is 1.70. The molecule has 1 saturated heterocycles. The first-order valence-electron chi connectivity index (χ1n) is 9.87. The Hall–Kier alpha value is -2.71. The van der Waals surface area contributed by atoms with E-state index >= 15 is 0 Å². The summed E-state index contributed by atoms with van der Waals surface area (Å²) in [7, 11) is 0. The quantitative estimate of drug-likeness (QED) is 0.305. The molecule has 7 nitrogen and oxygen atoms in total. The Morgan fingerprint density at radius 2 is 2.10 bits per heavy atom. The minimum atomic E-state index is -0.914. The molecule has 2 heterocycles. The van der Waals surface area contributed by atoms with Gasteiger partial charge in [0.15, 0.2) is 6.20 Å². The van der Waals surface area contributed by atoms with Crippen molar-refractivity contribution in [2.75, 3.05) is 37.3 Å². The lowest BCUT2D eigenvalue weighted by Gasteiger charge is -2.46. The molecule has 5 N–H and O–H groups in total. The topological polar surface area (TPSA) is 94.5 Å². The fourth-order valence-corrected chi connectivity index (χ4v) is 3.38. The molecule has 1 aromatic heterocycles. The Morgan fingerprint density at radius 3 is 2.79 bits per heavy atom. The number of carbonyl (C=O) groups is 1. The maximum atomic E-state index is 14.2. The van der Waals surface area contributed by atoms with Crippen LogP contribution in [0.25, 0.3) is 0 Å². The number of unbranched alkanes of at least 4 members (excludes halogenated alkanes) is 1. The minimum Gasteiger partial charge on any atom is -0.385 e. The molecule has 29 heavy (non-hydrogen) atoms. The average Bonchev–Trinajstić information content (AvgIpc) is 2.65. The van der Waals surface area contributed by atoms with E-state index in [2.05, 4.69) is 17.6 Å². The lowest BCUT2D eigenvalue weighted by atomic mass is 9.93. The van der Waals surface area contributed by atoms with Gasteiger partial charge < -0.3 is 20.6 Å². The third-order valence-electron chi connectivity index (χ3n) is 5.02. The largest absolute Gasteiger partial charge is 0.385 e. The van der Waals surface area contributed by atoms with Crippen molar-refractivity contribution in [3.05, 3.63) is 53.6 Å². The number of benzene rings is 1. The van der Waals surface area contributed by atoms with Gasteiger partial charge in [0.1, 0.15) is 17.1 Å². The lowest BCUT2D eigenvalue weighted by molar-refractivity contribution is -0.638. The van der Waals surface area contributed by atoms with E-state index in [-0.39, 0.29) is 24.7 Å². The summed E-state index contributed by atoms with van der Waals surface area (Å²) in [5, 5.41) is 16.7. The van der Waals surface area contributed by atoms with Crippen LogP contribution in [-0.4, -0.2) is 47.7 Å². The van der Waals surface area contributed by atoms with Crippen LogP contribution in [0.3, 0.4) is 0 Å². The molecule has 0 unspecified atom stereocenters. The van der Waals surface area contributed by atoms with Gasteiger partial charge in [-0.3, -0.25) is 4.79 Å². The molecule has 0 saturated carbocycles. The number of aromatic nitrogens is 1. The molecule has 0 spiro atoms. The van der Waals surface area contributed by atoms with Crippen LogP contribution in [0, 0.1) is 12.7 Å². The lowest BCUT2D eigenvalue weighted by Crippen LogP contribution is -2.67. The number of hydrogen-bond acceptors (Lipinski definition) is 5. The molecule has 1 aliphatic heterocycles. The van der Waals surface area contributed by atoms with Crippen molar-refractivity contribution in [3.63, 3.8) is 0 Å². The molecule has 1 fully saturated rings. The second-order valence-electron chi connectivity index (χ2n) is 7.74. The Morgan fingerprint density at radius 1 is 1.34 bits per heavy atom. The summed E-state index contributed by atoms with van der Waals surface area (Å²) in [6.07, 6.45) is 5.22. The van der Waals surface area contributed by atoms with Crippen molar-refractivity contribution >= 4 is 17.3 Å². The number of carbonyl (C=O) groups excluding carboxylic acids is 1. The van der Waals surface area contributed by atoms with E-state index in [0.29, 0.717) is 17.8 Å². The summed E-state index contributed by atoms with van der Waals surface area (Å²) in [6.45, 7) is 5.72. The number of likely N-dealkylation sites (tertiary alicyclic amines) is 1. The van der Waals surface area contributed by atoms with Crippen LogP contribution in [0.15, 0.2) is 36.7 Å². The van der Waals surface area contributed by atoms with Crippen LogP contribution in [-0.2, 0) is 0 Å². The van der Waals surface area contributed by atoms with E-state index in [9.17, 15) is 14.3 Å². The standard InChI is InChI=1S/C21H28FN5O2/c1-3-4-8-24-12-21(29)13-26(14-21)20(28)16-7-9-27(23)11-19(16)25-18-6-5-15(2)10-17(18)22/h5-7,9-11,24,29H,3-4,8,12-14H2,1-2H3,(H2-,23,25,28)/p+1. The highest BCUT2D eigenvalue weighted by atomic mass is 19.1. The van der Waals surface area contributed by atoms with E-state index in [1.54, 1.807) is 36.2 Å². The van der Waals surface area contributed by atoms with E-state index < -0.39 is 11.4 Å². The number of aryl methyl sites for hydroxylation is 1. The molecule has 0 radical (unpaired) electrons. The number of aliphatic hydroxyl groups is 1. The molecule has 1 aromatic carbocycles. The summed E-state index contributed by atoms with van der Waals surface area (Å²) in [4.78, 5) is 14.5. The second kappa shape index (κ2) is 8.75. The third kappa shape index (κ3) is 5.02. The molecule has 0 bridgehead atoms. The Bertz CT molecular complexity index is 883. The molecule has 2 aromatic rings. The zero-order valence-corrected chi connectivity index (χ0v) is 16.9. The number of anilines is 2. The van der Waals surface area contributed by atoms with Gasteiger partial charge in [-0.05, 0) is 37.6 Å². The minimum absolute atomic E-state index is 0.237. The van der Waals surface area contributed by atoms with Crippen molar-refractivity contribution in [1.82, 2.24) is 10.2 Å². The number of β-amino-alcohol motifs (C(OH)–C–C–N with tert-alkyl or cyclic N) is 1. The van der Waals surface area contributed by atoms with Gasteiger partial charge in [0.25, 0.3) is 5.91 Å². The normalized spacial score (nSPS) is 15.1. The smallest absolute Gasteiger partial charge is 0.256 e. The zero-order chi connectivity index (χ0) is 21.0. The van der Waals surface area contributed by atoms with Crippen molar-refractivity contribution in [3.8, 4) is 0 Å². The molecule has 156 valence electrons. The van der Waals surface area contributed by atoms with Crippen LogP contribution >= 0.6 is 0 Å². The molecule has 3 rings (SSSR count). The number of nitrogen functional groups attached to an aromatic ring is 1. The number of rotatable bonds is 8. The van der Waals surface area contributed by atoms with Crippen LogP contribution in [0.4, 0.5) is 15.8 Å². The highest BCUT2D eigenvalue weighted by Gasteiger charge is 2.44. The number of amides is 1. The van der Waals surface area contributed by atoms with Gasteiger partial charge in [-0.1, -0.05) is 24.1 Å². The maximum Gasteiger partial charge on any atom is 0.256 e. The predicted molar refractivity (Wildman–Crippen MR) is 110 cm³/mol. The van der Waals surface area contributed by atoms with Crippen LogP contribution < -0.4 is 21.2 Å². The maximum absolute atomic E-state index is 14.2. The summed E-state index contributed by atoms with van der Waals surface area (Å²) in [5.41, 5.74) is 0.921. The summed E-state index contributed by atoms with van der Waals surface area (Å²) < 4.78 is 15.5. The number of nitrogens with one attached hydrogen (secondary N) is 2. The Labute approximate surface area is 170 Å². The van der Waals surface area contributed by atoms with E-state index in [1.165, 1.54) is 16.9 Å². The second-order valence-corrected chi connectivity index (χ2v) is 7.74. The first kappa shape index (κ1) is 21.0. The first-order valence-corrected chi connectivity index (χ1v) is 9.87. The Kier molecular flexibility index (Phi) is 6.34. The summed E-state index contributed by atoms with van der Waals surface area (Å²) in [5.74, 6) is 5.15. The van der Waals surface area contributed by atoms with Gasteiger partial charge in [-0.25, -0.2) is 10.2 Å². The molecule has 1 amide bonds. The fraction of sp³-hybridized carbons (Fsp3) is 0.429. The van der Waals surface area contributed by atoms with E-state index in [0.717, 1.165) is 24.9 Å². The highest BCUT2D eigenvalue weighted by Crippen LogP contribution is 2.27. The highest BCUT2D eigenvalue weighted by molar-refractivity contribution is 6.00. The molecular formula is C21H29FN5O2+. The number of hydrogen-bond donors (Lipinski definition) is 4. The number of pyridine rings is 1. The summed E-state index contributed by atoms with van der Waals surface area (Å²) >= 11 is 0. The molecule has 1 aliphatic rings. The molecule has 0 atom stereocenters. The van der Waals surface area contributed by atoms with Gasteiger partial charge >= 0.3 is 0 Å². The van der Waals surface area contributed by atoms with Crippen LogP contribution in [0.5, 0.6) is 0 Å². The van der Waals surface area contributed by atoms with Crippen molar-refractivity contribution in [2.45, 2.75) is 32.3 Å². The van der Waals surface area contributed by atoms with E-state index in [4.69, 9.17) is 5.84 Å². The van der Waals surface area contributed by atoms with Gasteiger partial charge in [-0.15, -0.1) is 0 Å². The van der Waals surface area contributed by atoms with Crippen LogP contribution in [0.2, 0.25) is 0 Å². The van der Waals surface area contributed by atoms with Gasteiger partial charge in [0.05, 0.1) is 24.3 Å². The fourth-order valence-electron chi connectivity index (χ4n) is 3.38. The van der Waals surface area contributed by atoms with Crippen molar-refractivity contribution in [1.29, 1.82) is 0 Å². The van der Waals surface area contributed by atoms with Gasteiger partial charge in [-0.2, -0.15) is 0 Å². The van der Waals surface area contributed by atoms with E-state index in [1.807, 2.05) is 0 Å². The first-order chi connectivity index (χ1) is 13.8.